The lowest BCUT2D eigenvalue weighted by atomic mass is 9.81. The summed E-state index contributed by atoms with van der Waals surface area (Å²) in [4.78, 5) is 2.59. The van der Waals surface area contributed by atoms with E-state index in [1.165, 1.54) is 44.3 Å². The smallest absolute Gasteiger partial charge is 0.164 e. The van der Waals surface area contributed by atoms with Crippen LogP contribution >= 0.6 is 12.4 Å². The van der Waals surface area contributed by atoms with Gasteiger partial charge in [0, 0.05) is 11.5 Å². The quantitative estimate of drug-likeness (QED) is 0.926. The Morgan fingerprint density at radius 2 is 2.25 bits per heavy atom. The number of ether oxygens (including phenoxy) is 1. The molecule has 3 rings (SSSR count). The Labute approximate surface area is 127 Å². The van der Waals surface area contributed by atoms with Crippen molar-refractivity contribution in [2.24, 2.45) is 0 Å². The second kappa shape index (κ2) is 6.68. The van der Waals surface area contributed by atoms with Gasteiger partial charge in [0.15, 0.2) is 11.5 Å². The Morgan fingerprint density at radius 3 is 3.05 bits per heavy atom. The molecule has 0 bridgehead atoms. The highest BCUT2D eigenvalue weighted by atomic mass is 35.5. The molecule has 1 saturated heterocycles. The van der Waals surface area contributed by atoms with Crippen LogP contribution in [-0.4, -0.2) is 35.7 Å². The lowest BCUT2D eigenvalue weighted by molar-refractivity contribution is 0.0632. The summed E-state index contributed by atoms with van der Waals surface area (Å²) in [5, 5.41) is 9.92. The first-order valence-electron chi connectivity index (χ1n) is 7.50. The Morgan fingerprint density at radius 1 is 1.40 bits per heavy atom. The van der Waals surface area contributed by atoms with E-state index in [0.29, 0.717) is 17.7 Å². The summed E-state index contributed by atoms with van der Waals surface area (Å²) in [6, 6.07) is 6.27. The number of hydrogen-bond donors (Lipinski definition) is 1. The maximum absolute atomic E-state index is 9.92. The van der Waals surface area contributed by atoms with E-state index in [9.17, 15) is 5.11 Å². The zero-order chi connectivity index (χ0) is 13.2. The molecule has 2 aliphatic rings. The van der Waals surface area contributed by atoms with E-state index in [2.05, 4.69) is 17.9 Å². The third kappa shape index (κ3) is 2.75. The van der Waals surface area contributed by atoms with Gasteiger partial charge in [-0.2, -0.15) is 0 Å². The van der Waals surface area contributed by atoms with Gasteiger partial charge < -0.3 is 9.84 Å². The Balaban J connectivity index is 0.00000147. The summed E-state index contributed by atoms with van der Waals surface area (Å²) in [5.74, 6) is 1.55. The molecule has 2 atom stereocenters. The molecule has 1 aromatic carbocycles. The maximum atomic E-state index is 9.92. The van der Waals surface area contributed by atoms with Crippen molar-refractivity contribution < 1.29 is 9.84 Å². The molecule has 3 nitrogen and oxygen atoms in total. The Bertz CT molecular complexity index is 452. The highest BCUT2D eigenvalue weighted by molar-refractivity contribution is 5.85. The van der Waals surface area contributed by atoms with Crippen molar-refractivity contribution in [1.82, 2.24) is 4.90 Å². The van der Waals surface area contributed by atoms with Gasteiger partial charge in [-0.15, -0.1) is 12.4 Å². The molecule has 0 amide bonds. The lowest BCUT2D eigenvalue weighted by Crippen LogP contribution is -2.49. The predicted octanol–water partition coefficient (Wildman–Crippen LogP) is 3.55. The number of nitrogens with zero attached hydrogens (tertiary/aromatic N) is 1. The number of halogens is 1. The van der Waals surface area contributed by atoms with E-state index in [1.807, 2.05) is 6.07 Å². The minimum atomic E-state index is 0. The highest BCUT2D eigenvalue weighted by Gasteiger charge is 2.37. The second-order valence-electron chi connectivity index (χ2n) is 5.71. The third-order valence-electron chi connectivity index (χ3n) is 4.52. The highest BCUT2D eigenvalue weighted by Crippen LogP contribution is 2.44. The van der Waals surface area contributed by atoms with Crippen molar-refractivity contribution in [1.29, 1.82) is 0 Å². The number of piperidine rings is 1. The van der Waals surface area contributed by atoms with E-state index in [1.54, 1.807) is 6.07 Å². The topological polar surface area (TPSA) is 32.7 Å². The number of hydrogen-bond acceptors (Lipinski definition) is 3. The summed E-state index contributed by atoms with van der Waals surface area (Å²) in [7, 11) is 0. The number of unbranched alkanes of at least 4 members (excludes halogenated alkanes) is 1. The minimum Gasteiger partial charge on any atom is -0.504 e. The first-order valence-corrected chi connectivity index (χ1v) is 7.50. The molecule has 0 aliphatic carbocycles. The number of benzene rings is 1. The minimum absolute atomic E-state index is 0. The standard InChI is InChI=1S/C16H23NO2.ClH/c1-2-3-9-17-10-5-7-12-13-6-4-8-15(18)16(13)19-11-14(12)17;/h4,6,8,12,14,18H,2-3,5,7,9-11H2,1H3;1H/t12-,14+;/m0./s1. The van der Waals surface area contributed by atoms with Crippen LogP contribution in [0.1, 0.15) is 44.1 Å². The average molecular weight is 298 g/mol. The maximum Gasteiger partial charge on any atom is 0.164 e. The summed E-state index contributed by atoms with van der Waals surface area (Å²) in [6.07, 6.45) is 4.97. The van der Waals surface area contributed by atoms with Crippen LogP contribution in [0.15, 0.2) is 18.2 Å². The molecule has 1 fully saturated rings. The molecule has 0 saturated carbocycles. The number of rotatable bonds is 3. The van der Waals surface area contributed by atoms with Gasteiger partial charge in [-0.25, -0.2) is 0 Å². The van der Waals surface area contributed by atoms with Crippen LogP contribution in [-0.2, 0) is 0 Å². The van der Waals surface area contributed by atoms with Gasteiger partial charge in [-0.05, 0) is 38.4 Å². The second-order valence-corrected chi connectivity index (χ2v) is 5.71. The molecule has 1 aromatic rings. The molecule has 0 radical (unpaired) electrons. The molecule has 1 N–H and O–H groups in total. The van der Waals surface area contributed by atoms with Gasteiger partial charge in [0.1, 0.15) is 6.61 Å². The van der Waals surface area contributed by atoms with E-state index in [-0.39, 0.29) is 12.4 Å². The van der Waals surface area contributed by atoms with E-state index in [4.69, 9.17) is 4.74 Å². The Hall–Kier alpha value is -0.930. The van der Waals surface area contributed by atoms with Gasteiger partial charge in [0.25, 0.3) is 0 Å². The van der Waals surface area contributed by atoms with Crippen LogP contribution in [0.3, 0.4) is 0 Å². The van der Waals surface area contributed by atoms with E-state index >= 15 is 0 Å². The number of para-hydroxylation sites is 1. The SMILES string of the molecule is CCCCN1CCC[C@H]2c3cccc(O)c3OC[C@H]21.Cl. The zero-order valence-corrected chi connectivity index (χ0v) is 12.9. The van der Waals surface area contributed by atoms with Gasteiger partial charge >= 0.3 is 0 Å². The molecule has 0 unspecified atom stereocenters. The van der Waals surface area contributed by atoms with Crippen molar-refractivity contribution in [3.63, 3.8) is 0 Å². The van der Waals surface area contributed by atoms with Crippen LogP contribution < -0.4 is 4.74 Å². The van der Waals surface area contributed by atoms with Crippen molar-refractivity contribution in [2.75, 3.05) is 19.7 Å². The Kier molecular flexibility index (Phi) is 5.17. The fourth-order valence-electron chi connectivity index (χ4n) is 3.51. The van der Waals surface area contributed by atoms with E-state index in [0.717, 1.165) is 12.4 Å². The fraction of sp³-hybridized carbons (Fsp3) is 0.625. The number of aromatic hydroxyl groups is 1. The van der Waals surface area contributed by atoms with Crippen LogP contribution in [0, 0.1) is 0 Å². The first kappa shape index (κ1) is 15.5. The monoisotopic (exact) mass is 297 g/mol. The molecule has 0 aromatic heterocycles. The van der Waals surface area contributed by atoms with Gasteiger partial charge in [-0.3, -0.25) is 4.90 Å². The van der Waals surface area contributed by atoms with Gasteiger partial charge in [0.05, 0.1) is 6.04 Å². The van der Waals surface area contributed by atoms with Crippen LogP contribution in [0.25, 0.3) is 0 Å². The first-order chi connectivity index (χ1) is 9.31. The molecular formula is C16H24ClNO2. The summed E-state index contributed by atoms with van der Waals surface area (Å²) in [5.41, 5.74) is 1.21. The zero-order valence-electron chi connectivity index (χ0n) is 12.0. The summed E-state index contributed by atoms with van der Waals surface area (Å²) < 4.78 is 5.84. The van der Waals surface area contributed by atoms with Crippen LogP contribution in [0.4, 0.5) is 0 Å². The average Bonchev–Trinajstić information content (AvgIpc) is 2.45. The van der Waals surface area contributed by atoms with Crippen molar-refractivity contribution in [2.45, 2.75) is 44.6 Å². The molecule has 0 spiro atoms. The molecule has 2 heterocycles. The fourth-order valence-corrected chi connectivity index (χ4v) is 3.51. The normalized spacial score (nSPS) is 25.1. The van der Waals surface area contributed by atoms with Crippen LogP contribution in [0.5, 0.6) is 11.5 Å². The largest absolute Gasteiger partial charge is 0.504 e. The number of phenolic OH excluding ortho intramolecular Hbond substituents is 1. The molecular weight excluding hydrogens is 274 g/mol. The predicted molar refractivity (Wildman–Crippen MR) is 83.1 cm³/mol. The van der Waals surface area contributed by atoms with Gasteiger partial charge in [-0.1, -0.05) is 25.5 Å². The number of likely N-dealkylation sites (tertiary alicyclic amines) is 1. The molecule has 2 aliphatic heterocycles. The summed E-state index contributed by atoms with van der Waals surface area (Å²) in [6.45, 7) is 5.33. The number of fused-ring (bicyclic) bond motifs is 3. The van der Waals surface area contributed by atoms with Crippen LogP contribution in [0.2, 0.25) is 0 Å². The van der Waals surface area contributed by atoms with Crippen molar-refractivity contribution in [3.05, 3.63) is 23.8 Å². The lowest BCUT2D eigenvalue weighted by Gasteiger charge is -2.44. The van der Waals surface area contributed by atoms with E-state index < -0.39 is 0 Å². The number of phenols is 1. The molecule has 112 valence electrons. The molecule has 4 heteroatoms. The third-order valence-corrected chi connectivity index (χ3v) is 4.52. The molecule has 20 heavy (non-hydrogen) atoms. The summed E-state index contributed by atoms with van der Waals surface area (Å²) >= 11 is 0. The van der Waals surface area contributed by atoms with Gasteiger partial charge in [0.2, 0.25) is 0 Å². The van der Waals surface area contributed by atoms with Crippen molar-refractivity contribution in [3.8, 4) is 11.5 Å². The van der Waals surface area contributed by atoms with Crippen molar-refractivity contribution >= 4 is 12.4 Å².